The summed E-state index contributed by atoms with van der Waals surface area (Å²) in [5.41, 5.74) is 0.933. The molecule has 2 atom stereocenters. The van der Waals surface area contributed by atoms with Gasteiger partial charge in [0.05, 0.1) is 5.92 Å². The maximum atomic E-state index is 13.4. The number of likely N-dealkylation sites (tertiary alicyclic amines) is 1. The molecule has 142 valence electrons. The predicted octanol–water partition coefficient (Wildman–Crippen LogP) is 3.95. The summed E-state index contributed by atoms with van der Waals surface area (Å²) in [7, 11) is 0. The molecule has 4 nitrogen and oxygen atoms in total. The van der Waals surface area contributed by atoms with Crippen LogP contribution < -0.4 is 0 Å². The first kappa shape index (κ1) is 18.9. The van der Waals surface area contributed by atoms with E-state index in [1.165, 1.54) is 29.2 Å². The topological polar surface area (TPSA) is 57.6 Å². The summed E-state index contributed by atoms with van der Waals surface area (Å²) >= 11 is 0. The number of piperidine rings is 1. The molecular weight excluding hydrogens is 359 g/mol. The summed E-state index contributed by atoms with van der Waals surface area (Å²) < 4.78 is 39.9. The first-order valence-corrected chi connectivity index (χ1v) is 8.53. The smallest absolute Gasteiger partial charge is 0.308 e. The van der Waals surface area contributed by atoms with Gasteiger partial charge in [-0.25, -0.2) is 13.2 Å². The lowest BCUT2D eigenvalue weighted by Gasteiger charge is -2.34. The molecule has 0 bridgehead atoms. The second kappa shape index (κ2) is 7.42. The average molecular weight is 377 g/mol. The highest BCUT2D eigenvalue weighted by molar-refractivity contribution is 5.95. The molecule has 2 aromatic carbocycles. The number of carboxylic acid groups (broad SMARTS) is 1. The van der Waals surface area contributed by atoms with Crippen molar-refractivity contribution < 1.29 is 27.9 Å². The minimum atomic E-state index is -1.53. The van der Waals surface area contributed by atoms with Crippen LogP contribution in [0.2, 0.25) is 0 Å². The molecule has 1 saturated heterocycles. The Bertz CT molecular complexity index is 860. The van der Waals surface area contributed by atoms with Crippen LogP contribution in [0.5, 0.6) is 0 Å². The maximum Gasteiger partial charge on any atom is 0.308 e. The van der Waals surface area contributed by atoms with Gasteiger partial charge in [-0.05, 0) is 47.7 Å². The first-order valence-electron chi connectivity index (χ1n) is 8.53. The van der Waals surface area contributed by atoms with E-state index < -0.39 is 29.3 Å². The van der Waals surface area contributed by atoms with Crippen LogP contribution in [0.3, 0.4) is 0 Å². The molecule has 0 aliphatic carbocycles. The largest absolute Gasteiger partial charge is 0.481 e. The van der Waals surface area contributed by atoms with Gasteiger partial charge in [0.2, 0.25) is 0 Å². The molecule has 2 unspecified atom stereocenters. The van der Waals surface area contributed by atoms with Crippen molar-refractivity contribution >= 4 is 11.9 Å². The molecule has 7 heteroatoms. The van der Waals surface area contributed by atoms with E-state index in [4.69, 9.17) is 0 Å². The summed E-state index contributed by atoms with van der Waals surface area (Å²) in [6.45, 7) is 2.52. The van der Waals surface area contributed by atoms with Crippen molar-refractivity contribution in [2.24, 2.45) is 11.8 Å². The van der Waals surface area contributed by atoms with Gasteiger partial charge < -0.3 is 10.0 Å². The number of amides is 1. The zero-order valence-electron chi connectivity index (χ0n) is 14.6. The number of hydrogen-bond donors (Lipinski definition) is 1. The Kier molecular flexibility index (Phi) is 5.21. The molecule has 1 heterocycles. The molecule has 1 aliphatic heterocycles. The Morgan fingerprint density at radius 3 is 2.15 bits per heavy atom. The van der Waals surface area contributed by atoms with E-state index in [1.54, 1.807) is 0 Å². The molecule has 1 amide bonds. The molecule has 1 fully saturated rings. The molecule has 1 aliphatic rings. The predicted molar refractivity (Wildman–Crippen MR) is 92.6 cm³/mol. The number of hydrogen-bond acceptors (Lipinski definition) is 2. The lowest BCUT2D eigenvalue weighted by atomic mass is 9.90. The van der Waals surface area contributed by atoms with E-state index >= 15 is 0 Å². The Morgan fingerprint density at radius 1 is 1.00 bits per heavy atom. The number of nitrogens with zero attached hydrogens (tertiary/aromatic N) is 1. The standard InChI is InChI=1S/C20H18F3NO3/c1-11-6-15(20(26)27)10-24(9-11)19(25)13-4-2-12(3-5-13)14-7-16(21)18(23)17(22)8-14/h2-5,7-8,11,15H,6,9-10H2,1H3,(H,26,27). The van der Waals surface area contributed by atoms with Crippen molar-refractivity contribution in [1.82, 2.24) is 4.90 Å². The van der Waals surface area contributed by atoms with Gasteiger partial charge in [-0.2, -0.15) is 0 Å². The fourth-order valence-electron chi connectivity index (χ4n) is 3.41. The molecular formula is C20H18F3NO3. The van der Waals surface area contributed by atoms with E-state index in [2.05, 4.69) is 0 Å². The van der Waals surface area contributed by atoms with Gasteiger partial charge >= 0.3 is 5.97 Å². The Balaban J connectivity index is 1.81. The van der Waals surface area contributed by atoms with Crippen molar-refractivity contribution in [1.29, 1.82) is 0 Å². The van der Waals surface area contributed by atoms with Crippen LogP contribution in [0.25, 0.3) is 11.1 Å². The van der Waals surface area contributed by atoms with E-state index in [1.807, 2.05) is 6.92 Å². The first-order chi connectivity index (χ1) is 12.8. The third-order valence-corrected chi connectivity index (χ3v) is 4.75. The van der Waals surface area contributed by atoms with Crippen molar-refractivity contribution in [3.8, 4) is 11.1 Å². The van der Waals surface area contributed by atoms with E-state index in [-0.39, 0.29) is 23.9 Å². The summed E-state index contributed by atoms with van der Waals surface area (Å²) in [6, 6.07) is 7.82. The van der Waals surface area contributed by atoms with Gasteiger partial charge in [-0.15, -0.1) is 0 Å². The van der Waals surface area contributed by atoms with Crippen LogP contribution in [0.15, 0.2) is 36.4 Å². The number of carbonyl (C=O) groups excluding carboxylic acids is 1. The minimum absolute atomic E-state index is 0.0771. The van der Waals surface area contributed by atoms with E-state index in [9.17, 15) is 27.9 Å². The fraction of sp³-hybridized carbons (Fsp3) is 0.300. The van der Waals surface area contributed by atoms with Crippen LogP contribution in [-0.2, 0) is 4.79 Å². The Hall–Kier alpha value is -2.83. The molecule has 0 radical (unpaired) electrons. The van der Waals surface area contributed by atoms with Gasteiger partial charge in [0.1, 0.15) is 0 Å². The number of aliphatic carboxylic acids is 1. The van der Waals surface area contributed by atoms with Crippen LogP contribution in [-0.4, -0.2) is 35.0 Å². The number of carboxylic acids is 1. The number of rotatable bonds is 3. The summed E-state index contributed by atoms with van der Waals surface area (Å²) in [6.07, 6.45) is 0.528. The van der Waals surface area contributed by atoms with Gasteiger partial charge in [-0.3, -0.25) is 9.59 Å². The van der Waals surface area contributed by atoms with E-state index in [0.29, 0.717) is 24.1 Å². The van der Waals surface area contributed by atoms with Crippen LogP contribution in [0, 0.1) is 29.3 Å². The third kappa shape index (κ3) is 3.97. The summed E-state index contributed by atoms with van der Waals surface area (Å²) in [4.78, 5) is 25.4. The SMILES string of the molecule is CC1CC(C(=O)O)CN(C(=O)c2ccc(-c3cc(F)c(F)c(F)c3)cc2)C1. The maximum absolute atomic E-state index is 13.4. The number of carbonyl (C=O) groups is 2. The van der Waals surface area contributed by atoms with Crippen molar-refractivity contribution in [3.63, 3.8) is 0 Å². The van der Waals surface area contributed by atoms with E-state index in [0.717, 1.165) is 12.1 Å². The normalized spacial score (nSPS) is 19.8. The highest BCUT2D eigenvalue weighted by Gasteiger charge is 2.32. The second-order valence-electron chi connectivity index (χ2n) is 6.92. The summed E-state index contributed by atoms with van der Waals surface area (Å²) in [5.74, 6) is -5.83. The van der Waals surface area contributed by atoms with Crippen molar-refractivity contribution in [3.05, 3.63) is 59.4 Å². The zero-order valence-corrected chi connectivity index (χ0v) is 14.6. The van der Waals surface area contributed by atoms with Crippen LogP contribution in [0.4, 0.5) is 13.2 Å². The quantitative estimate of drug-likeness (QED) is 0.824. The van der Waals surface area contributed by atoms with Crippen LogP contribution >= 0.6 is 0 Å². The van der Waals surface area contributed by atoms with Gasteiger partial charge in [0, 0.05) is 18.7 Å². The molecule has 0 saturated carbocycles. The molecule has 0 spiro atoms. The molecule has 27 heavy (non-hydrogen) atoms. The molecule has 2 aromatic rings. The van der Waals surface area contributed by atoms with Crippen LogP contribution in [0.1, 0.15) is 23.7 Å². The second-order valence-corrected chi connectivity index (χ2v) is 6.92. The minimum Gasteiger partial charge on any atom is -0.481 e. The average Bonchev–Trinajstić information content (AvgIpc) is 2.64. The lowest BCUT2D eigenvalue weighted by molar-refractivity contribution is -0.143. The fourth-order valence-corrected chi connectivity index (χ4v) is 3.41. The monoisotopic (exact) mass is 377 g/mol. The highest BCUT2D eigenvalue weighted by Crippen LogP contribution is 2.26. The number of benzene rings is 2. The Morgan fingerprint density at radius 2 is 1.59 bits per heavy atom. The van der Waals surface area contributed by atoms with Gasteiger partial charge in [-0.1, -0.05) is 19.1 Å². The van der Waals surface area contributed by atoms with Gasteiger partial charge in [0.15, 0.2) is 17.5 Å². The lowest BCUT2D eigenvalue weighted by Crippen LogP contribution is -2.45. The number of halogens is 3. The zero-order chi connectivity index (χ0) is 19.7. The van der Waals surface area contributed by atoms with Crippen molar-refractivity contribution in [2.45, 2.75) is 13.3 Å². The van der Waals surface area contributed by atoms with Gasteiger partial charge in [0.25, 0.3) is 5.91 Å². The molecule has 0 aromatic heterocycles. The molecule has 3 rings (SSSR count). The molecule has 1 N–H and O–H groups in total. The third-order valence-electron chi connectivity index (χ3n) is 4.75. The highest BCUT2D eigenvalue weighted by atomic mass is 19.2. The Labute approximate surface area is 154 Å². The summed E-state index contributed by atoms with van der Waals surface area (Å²) in [5, 5.41) is 9.23. The van der Waals surface area contributed by atoms with Crippen molar-refractivity contribution in [2.75, 3.05) is 13.1 Å².